The molecule has 1 fully saturated rings. The van der Waals surface area contributed by atoms with E-state index < -0.39 is 0 Å². The van der Waals surface area contributed by atoms with Crippen molar-refractivity contribution in [2.24, 2.45) is 0 Å². The molecule has 1 saturated carbocycles. The number of hydrogen-bond acceptors (Lipinski definition) is 3. The van der Waals surface area contributed by atoms with Gasteiger partial charge < -0.3 is 10.6 Å². The summed E-state index contributed by atoms with van der Waals surface area (Å²) >= 11 is 6.09. The third-order valence-corrected chi connectivity index (χ3v) is 5.15. The van der Waals surface area contributed by atoms with Gasteiger partial charge in [0.05, 0.1) is 10.6 Å². The fourth-order valence-electron chi connectivity index (χ4n) is 3.29. The van der Waals surface area contributed by atoms with E-state index in [1.54, 1.807) is 12.1 Å². The predicted octanol–water partition coefficient (Wildman–Crippen LogP) is 4.67. The van der Waals surface area contributed by atoms with Crippen molar-refractivity contribution in [3.8, 4) is 6.07 Å². The summed E-state index contributed by atoms with van der Waals surface area (Å²) in [6, 6.07) is 15.7. The first-order chi connectivity index (χ1) is 12.5. The zero-order valence-electron chi connectivity index (χ0n) is 14.8. The lowest BCUT2D eigenvalue weighted by Crippen LogP contribution is -2.40. The normalized spacial score (nSPS) is 19.4. The number of carbonyl (C=O) groups excluding carboxylic acids is 1. The number of carbonyl (C=O) groups is 1. The highest BCUT2D eigenvalue weighted by atomic mass is 35.5. The van der Waals surface area contributed by atoms with Gasteiger partial charge in [0.25, 0.3) is 5.91 Å². The Balaban J connectivity index is 1.49. The molecule has 0 atom stereocenters. The Morgan fingerprint density at radius 1 is 1.08 bits per heavy atom. The molecule has 0 heterocycles. The van der Waals surface area contributed by atoms with Gasteiger partial charge in [0.1, 0.15) is 6.07 Å². The van der Waals surface area contributed by atoms with Crippen LogP contribution in [0.25, 0.3) is 0 Å². The smallest absolute Gasteiger partial charge is 0.251 e. The van der Waals surface area contributed by atoms with Crippen LogP contribution in [0.15, 0.2) is 42.5 Å². The Morgan fingerprint density at radius 2 is 1.73 bits per heavy atom. The molecule has 0 saturated heterocycles. The maximum absolute atomic E-state index is 12.3. The summed E-state index contributed by atoms with van der Waals surface area (Å²) in [5.74, 6) is 0.000262. The lowest BCUT2D eigenvalue weighted by molar-refractivity contribution is 0.0926. The van der Waals surface area contributed by atoms with Crippen molar-refractivity contribution in [1.29, 1.82) is 5.26 Å². The molecule has 1 amide bonds. The molecule has 1 aliphatic rings. The van der Waals surface area contributed by atoms with Crippen molar-refractivity contribution in [2.75, 3.05) is 5.32 Å². The molecule has 2 aromatic rings. The van der Waals surface area contributed by atoms with Crippen molar-refractivity contribution in [1.82, 2.24) is 5.32 Å². The van der Waals surface area contributed by atoms with Crippen LogP contribution < -0.4 is 10.6 Å². The monoisotopic (exact) mass is 367 g/mol. The van der Waals surface area contributed by atoms with Crippen LogP contribution in [0.2, 0.25) is 5.02 Å². The minimum Gasteiger partial charge on any atom is -0.382 e. The second-order valence-electron chi connectivity index (χ2n) is 6.84. The Bertz CT molecular complexity index is 818. The van der Waals surface area contributed by atoms with E-state index in [0.717, 1.165) is 36.9 Å². The molecule has 0 bridgehead atoms. The lowest BCUT2D eigenvalue weighted by Gasteiger charge is -2.30. The maximum atomic E-state index is 12.3. The van der Waals surface area contributed by atoms with Gasteiger partial charge in [0, 0.05) is 23.3 Å². The minimum atomic E-state index is 0.000262. The number of benzene rings is 2. The van der Waals surface area contributed by atoms with E-state index in [9.17, 15) is 4.79 Å². The van der Waals surface area contributed by atoms with Crippen LogP contribution in [0.1, 0.15) is 47.2 Å². The largest absolute Gasteiger partial charge is 0.382 e. The van der Waals surface area contributed by atoms with Crippen LogP contribution in [0.5, 0.6) is 0 Å². The molecule has 3 rings (SSSR count). The first-order valence-electron chi connectivity index (χ1n) is 8.89. The average molecular weight is 368 g/mol. The highest BCUT2D eigenvalue weighted by molar-refractivity contribution is 6.32. The number of halogens is 1. The molecule has 4 nitrogen and oxygen atoms in total. The summed E-state index contributed by atoms with van der Waals surface area (Å²) in [6.45, 7) is 2.01. The Hall–Kier alpha value is -2.51. The summed E-state index contributed by atoms with van der Waals surface area (Å²) in [7, 11) is 0. The van der Waals surface area contributed by atoms with Crippen molar-refractivity contribution in [2.45, 2.75) is 44.7 Å². The first kappa shape index (κ1) is 18.3. The van der Waals surface area contributed by atoms with Gasteiger partial charge in [0.15, 0.2) is 0 Å². The minimum absolute atomic E-state index is 0.000262. The van der Waals surface area contributed by atoms with Gasteiger partial charge in [-0.2, -0.15) is 5.26 Å². The number of nitriles is 1. The predicted molar refractivity (Wildman–Crippen MR) is 104 cm³/mol. The van der Waals surface area contributed by atoms with E-state index in [-0.39, 0.29) is 11.9 Å². The van der Waals surface area contributed by atoms with E-state index in [4.69, 9.17) is 16.9 Å². The van der Waals surface area contributed by atoms with Gasteiger partial charge in [-0.15, -0.1) is 0 Å². The van der Waals surface area contributed by atoms with E-state index in [0.29, 0.717) is 22.2 Å². The number of anilines is 1. The second-order valence-corrected chi connectivity index (χ2v) is 7.25. The zero-order valence-corrected chi connectivity index (χ0v) is 15.5. The molecule has 0 radical (unpaired) electrons. The molecule has 1 aliphatic carbocycles. The molecule has 0 aromatic heterocycles. The third kappa shape index (κ3) is 4.56. The van der Waals surface area contributed by atoms with Gasteiger partial charge in [-0.1, -0.05) is 29.3 Å². The van der Waals surface area contributed by atoms with E-state index in [1.807, 2.05) is 37.3 Å². The van der Waals surface area contributed by atoms with Crippen LogP contribution >= 0.6 is 11.6 Å². The molecular weight excluding hydrogens is 346 g/mol. The fraction of sp³-hybridized carbons (Fsp3) is 0.333. The van der Waals surface area contributed by atoms with Crippen molar-refractivity contribution in [3.05, 3.63) is 64.2 Å². The molecule has 0 unspecified atom stereocenters. The van der Waals surface area contributed by atoms with Gasteiger partial charge in [0.2, 0.25) is 0 Å². The SMILES string of the molecule is Cc1ccc(C(=O)NC2CCC(Nc3ccc(C#N)c(Cl)c3)CC2)cc1. The lowest BCUT2D eigenvalue weighted by atomic mass is 9.90. The first-order valence-corrected chi connectivity index (χ1v) is 9.26. The van der Waals surface area contributed by atoms with Crippen molar-refractivity contribution >= 4 is 23.2 Å². The van der Waals surface area contributed by atoms with Crippen molar-refractivity contribution < 1.29 is 4.79 Å². The van der Waals surface area contributed by atoms with Gasteiger partial charge in [-0.05, 0) is 62.9 Å². The zero-order chi connectivity index (χ0) is 18.5. The number of nitrogens with zero attached hydrogens (tertiary/aromatic N) is 1. The molecule has 26 heavy (non-hydrogen) atoms. The summed E-state index contributed by atoms with van der Waals surface area (Å²) in [6.07, 6.45) is 3.85. The maximum Gasteiger partial charge on any atom is 0.251 e. The molecule has 0 spiro atoms. The summed E-state index contributed by atoms with van der Waals surface area (Å²) in [4.78, 5) is 12.3. The van der Waals surface area contributed by atoms with Crippen molar-refractivity contribution in [3.63, 3.8) is 0 Å². The Morgan fingerprint density at radius 3 is 2.35 bits per heavy atom. The summed E-state index contributed by atoms with van der Waals surface area (Å²) in [5.41, 5.74) is 3.28. The topological polar surface area (TPSA) is 64.9 Å². The molecule has 2 N–H and O–H groups in total. The number of rotatable bonds is 4. The number of aryl methyl sites for hydroxylation is 1. The second kappa shape index (κ2) is 8.25. The fourth-order valence-corrected chi connectivity index (χ4v) is 3.51. The van der Waals surface area contributed by atoms with Gasteiger partial charge in [-0.3, -0.25) is 4.79 Å². The van der Waals surface area contributed by atoms with Gasteiger partial charge in [-0.25, -0.2) is 0 Å². The van der Waals surface area contributed by atoms with Crippen LogP contribution in [-0.4, -0.2) is 18.0 Å². The molecule has 5 heteroatoms. The molecule has 2 aromatic carbocycles. The molecular formula is C21H22ClN3O. The molecule has 134 valence electrons. The van der Waals surface area contributed by atoms with Crippen LogP contribution in [-0.2, 0) is 0 Å². The summed E-state index contributed by atoms with van der Waals surface area (Å²) < 4.78 is 0. The number of nitrogens with one attached hydrogen (secondary N) is 2. The highest BCUT2D eigenvalue weighted by Crippen LogP contribution is 2.25. The van der Waals surface area contributed by atoms with E-state index >= 15 is 0 Å². The van der Waals surface area contributed by atoms with Crippen LogP contribution in [0.4, 0.5) is 5.69 Å². The van der Waals surface area contributed by atoms with Gasteiger partial charge >= 0.3 is 0 Å². The number of hydrogen-bond donors (Lipinski definition) is 2. The van der Waals surface area contributed by atoms with Crippen LogP contribution in [0, 0.1) is 18.3 Å². The number of amides is 1. The highest BCUT2D eigenvalue weighted by Gasteiger charge is 2.22. The quantitative estimate of drug-likeness (QED) is 0.825. The van der Waals surface area contributed by atoms with Crippen LogP contribution in [0.3, 0.4) is 0 Å². The third-order valence-electron chi connectivity index (χ3n) is 4.84. The average Bonchev–Trinajstić information content (AvgIpc) is 2.64. The standard InChI is InChI=1S/C21H22ClN3O/c1-14-2-4-15(5-3-14)21(26)25-18-10-8-17(9-11-18)24-19-7-6-16(13-23)20(22)12-19/h2-7,12,17-18,24H,8-11H2,1H3,(H,25,26). The summed E-state index contributed by atoms with van der Waals surface area (Å²) in [5, 5.41) is 16.0. The molecule has 0 aliphatic heterocycles. The Labute approximate surface area is 159 Å². The Kier molecular flexibility index (Phi) is 5.80. The van der Waals surface area contributed by atoms with E-state index in [2.05, 4.69) is 16.7 Å². The van der Waals surface area contributed by atoms with E-state index in [1.165, 1.54) is 0 Å².